The Kier molecular flexibility index (Phi) is 6.80. The van der Waals surface area contributed by atoms with Crippen molar-refractivity contribution in [2.24, 2.45) is 0 Å². The molecule has 0 aromatic carbocycles. The van der Waals surface area contributed by atoms with Crippen LogP contribution >= 0.6 is 24.1 Å². The van der Waals surface area contributed by atoms with Crippen LogP contribution in [0.25, 0.3) is 0 Å². The molecule has 0 atom stereocenters. The summed E-state index contributed by atoms with van der Waals surface area (Å²) in [6.45, 7) is 3.26. The molecular weight excluding hydrogens is 320 g/mol. The second-order valence-corrected chi connectivity index (χ2v) is 8.69. The van der Waals surface area contributed by atoms with Crippen molar-refractivity contribution < 1.29 is 18.3 Å². The molecule has 0 bridgehead atoms. The van der Waals surface area contributed by atoms with Crippen molar-refractivity contribution >= 4 is 35.7 Å². The van der Waals surface area contributed by atoms with Crippen LogP contribution in [0.5, 0.6) is 0 Å². The van der Waals surface area contributed by atoms with Gasteiger partial charge in [-0.3, -0.25) is 9.59 Å². The van der Waals surface area contributed by atoms with E-state index in [1.54, 1.807) is 13.8 Å². The quantitative estimate of drug-likeness (QED) is 0.285. The molecule has 2 rings (SSSR count). The molecule has 0 spiro atoms. The summed E-state index contributed by atoms with van der Waals surface area (Å²) in [4.78, 5) is 23.9. The summed E-state index contributed by atoms with van der Waals surface area (Å²) in [6, 6.07) is 0. The van der Waals surface area contributed by atoms with Gasteiger partial charge < -0.3 is 0 Å². The minimum absolute atomic E-state index is 0.157. The lowest BCUT2D eigenvalue weighted by Gasteiger charge is -2.34. The van der Waals surface area contributed by atoms with Crippen molar-refractivity contribution in [1.29, 1.82) is 0 Å². The molecule has 126 valence electrons. The van der Waals surface area contributed by atoms with Crippen LogP contribution in [0.2, 0.25) is 0 Å². The third-order valence-electron chi connectivity index (χ3n) is 5.02. The van der Waals surface area contributed by atoms with Crippen molar-refractivity contribution in [2.75, 3.05) is 0 Å². The standard InChI is InChI=1S/C16H26O4S2/c1-13(17)15(9-5-3-6-10-15)21-19-20-22-16(14(2)18)11-7-4-8-12-16/h3-12H2,1-2H3. The van der Waals surface area contributed by atoms with Gasteiger partial charge in [-0.25, -0.2) is 0 Å². The molecule has 2 aliphatic rings. The zero-order chi connectivity index (χ0) is 16.1. The van der Waals surface area contributed by atoms with E-state index in [1.807, 2.05) is 0 Å². The first-order valence-corrected chi connectivity index (χ1v) is 9.71. The minimum Gasteiger partial charge on any atom is -0.298 e. The molecule has 0 aromatic rings. The lowest BCUT2D eigenvalue weighted by Crippen LogP contribution is -2.37. The van der Waals surface area contributed by atoms with Crippen molar-refractivity contribution in [1.82, 2.24) is 0 Å². The predicted molar refractivity (Wildman–Crippen MR) is 90.3 cm³/mol. The Morgan fingerprint density at radius 3 is 1.27 bits per heavy atom. The van der Waals surface area contributed by atoms with Gasteiger partial charge in [0.25, 0.3) is 0 Å². The highest BCUT2D eigenvalue weighted by Gasteiger charge is 2.41. The number of carbonyl (C=O) groups excluding carboxylic acids is 2. The fourth-order valence-electron chi connectivity index (χ4n) is 3.39. The van der Waals surface area contributed by atoms with Crippen molar-refractivity contribution in [3.8, 4) is 0 Å². The zero-order valence-electron chi connectivity index (χ0n) is 13.5. The highest BCUT2D eigenvalue weighted by molar-refractivity contribution is 7.99. The SMILES string of the molecule is CC(=O)C1(SOOSC2(C(C)=O)CCCCC2)CCCCC1. The van der Waals surface area contributed by atoms with Gasteiger partial charge in [-0.15, -0.1) is 8.67 Å². The van der Waals surface area contributed by atoms with Crippen molar-refractivity contribution in [3.63, 3.8) is 0 Å². The van der Waals surface area contributed by atoms with Gasteiger partial charge in [-0.2, -0.15) is 0 Å². The number of hydrogen-bond donors (Lipinski definition) is 0. The monoisotopic (exact) mass is 346 g/mol. The van der Waals surface area contributed by atoms with E-state index in [0.29, 0.717) is 0 Å². The summed E-state index contributed by atoms with van der Waals surface area (Å²) < 4.78 is 9.72. The number of carbonyl (C=O) groups is 2. The van der Waals surface area contributed by atoms with Crippen LogP contribution in [-0.4, -0.2) is 21.1 Å². The highest BCUT2D eigenvalue weighted by Crippen LogP contribution is 2.45. The van der Waals surface area contributed by atoms with Crippen LogP contribution in [0, 0.1) is 0 Å². The van der Waals surface area contributed by atoms with E-state index in [1.165, 1.54) is 12.8 Å². The zero-order valence-corrected chi connectivity index (χ0v) is 15.2. The second kappa shape index (κ2) is 8.18. The van der Waals surface area contributed by atoms with Crippen LogP contribution in [0.1, 0.15) is 78.1 Å². The van der Waals surface area contributed by atoms with Crippen LogP contribution < -0.4 is 0 Å². The predicted octanol–water partition coefficient (Wildman–Crippen LogP) is 4.81. The summed E-state index contributed by atoms with van der Waals surface area (Å²) >= 11 is 2.30. The molecule has 0 N–H and O–H groups in total. The fourth-order valence-corrected chi connectivity index (χ4v) is 5.02. The second-order valence-electron chi connectivity index (χ2n) is 6.53. The third-order valence-corrected chi connectivity index (χ3v) is 7.41. The van der Waals surface area contributed by atoms with Crippen LogP contribution in [-0.2, 0) is 18.3 Å². The molecule has 0 unspecified atom stereocenters. The van der Waals surface area contributed by atoms with E-state index < -0.39 is 9.49 Å². The maximum Gasteiger partial charge on any atom is 0.148 e. The summed E-state index contributed by atoms with van der Waals surface area (Å²) in [5.41, 5.74) is 0. The smallest absolute Gasteiger partial charge is 0.148 e. The molecule has 2 fully saturated rings. The van der Waals surface area contributed by atoms with Gasteiger partial charge in [-0.05, 0) is 39.5 Å². The molecule has 22 heavy (non-hydrogen) atoms. The Labute approximate surface area is 141 Å². The van der Waals surface area contributed by atoms with E-state index in [2.05, 4.69) is 0 Å². The summed E-state index contributed by atoms with van der Waals surface area (Å²) in [7, 11) is 0. The first kappa shape index (κ1) is 18.3. The fraction of sp³-hybridized carbons (Fsp3) is 0.875. The molecule has 0 amide bonds. The third kappa shape index (κ3) is 4.28. The van der Waals surface area contributed by atoms with Crippen molar-refractivity contribution in [2.45, 2.75) is 87.5 Å². The first-order chi connectivity index (χ1) is 10.5. The molecule has 0 radical (unpaired) electrons. The van der Waals surface area contributed by atoms with Crippen LogP contribution in [0.3, 0.4) is 0 Å². The molecule has 2 saturated carbocycles. The van der Waals surface area contributed by atoms with Gasteiger partial charge in [0.15, 0.2) is 0 Å². The topological polar surface area (TPSA) is 52.6 Å². The maximum atomic E-state index is 12.0. The summed E-state index contributed by atoms with van der Waals surface area (Å²) in [6.07, 6.45) is 9.97. The van der Waals surface area contributed by atoms with E-state index in [0.717, 1.165) is 75.5 Å². The number of rotatable bonds is 7. The van der Waals surface area contributed by atoms with E-state index >= 15 is 0 Å². The normalized spacial score (nSPS) is 23.9. The highest BCUT2D eigenvalue weighted by atomic mass is 32.2. The van der Waals surface area contributed by atoms with Crippen LogP contribution in [0.4, 0.5) is 0 Å². The average molecular weight is 347 g/mol. The van der Waals surface area contributed by atoms with Gasteiger partial charge in [0.2, 0.25) is 0 Å². The Morgan fingerprint density at radius 1 is 0.682 bits per heavy atom. The van der Waals surface area contributed by atoms with Crippen molar-refractivity contribution in [3.05, 3.63) is 0 Å². The van der Waals surface area contributed by atoms with Gasteiger partial charge in [-0.1, -0.05) is 38.5 Å². The van der Waals surface area contributed by atoms with Gasteiger partial charge in [0.05, 0.1) is 0 Å². The molecule has 0 saturated heterocycles. The molecular formula is C16H26O4S2. The summed E-state index contributed by atoms with van der Waals surface area (Å²) in [5, 5.41) is 0. The lowest BCUT2D eigenvalue weighted by molar-refractivity contribution is -0.122. The molecule has 4 nitrogen and oxygen atoms in total. The maximum absolute atomic E-state index is 12.0. The Morgan fingerprint density at radius 2 is 1.00 bits per heavy atom. The Hall–Kier alpha value is -0.0400. The molecule has 0 aromatic heterocycles. The molecule has 0 heterocycles. The largest absolute Gasteiger partial charge is 0.298 e. The number of Topliss-reactive ketones (excluding diaryl/α,β-unsaturated/α-hetero) is 2. The first-order valence-electron chi connectivity index (χ1n) is 8.23. The average Bonchev–Trinajstić information content (AvgIpc) is 2.53. The Balaban J connectivity index is 1.84. The molecule has 2 aliphatic carbocycles. The van der Waals surface area contributed by atoms with Gasteiger partial charge in [0.1, 0.15) is 21.1 Å². The van der Waals surface area contributed by atoms with E-state index in [4.69, 9.17) is 8.67 Å². The number of hydrogen-bond acceptors (Lipinski definition) is 6. The molecule has 0 aliphatic heterocycles. The Bertz CT molecular complexity index is 361. The number of ketones is 2. The van der Waals surface area contributed by atoms with Crippen LogP contribution in [0.15, 0.2) is 0 Å². The van der Waals surface area contributed by atoms with E-state index in [-0.39, 0.29) is 11.6 Å². The summed E-state index contributed by atoms with van der Waals surface area (Å²) in [5.74, 6) is 0.314. The molecule has 6 heteroatoms. The van der Waals surface area contributed by atoms with Gasteiger partial charge in [0, 0.05) is 24.1 Å². The lowest BCUT2D eigenvalue weighted by atomic mass is 9.86. The minimum atomic E-state index is -0.464. The van der Waals surface area contributed by atoms with Gasteiger partial charge >= 0.3 is 0 Å². The van der Waals surface area contributed by atoms with E-state index in [9.17, 15) is 9.59 Å².